The van der Waals surface area contributed by atoms with Crippen molar-refractivity contribution in [1.29, 1.82) is 0 Å². The molecule has 0 saturated heterocycles. The minimum atomic E-state index is -0.742. The van der Waals surface area contributed by atoms with E-state index >= 15 is 0 Å². The zero-order valence-corrected chi connectivity index (χ0v) is 25.3. The summed E-state index contributed by atoms with van der Waals surface area (Å²) >= 11 is 1.73. The summed E-state index contributed by atoms with van der Waals surface area (Å²) in [6.45, 7) is 10.5. The highest BCUT2D eigenvalue weighted by molar-refractivity contribution is 7.17. The molecule has 1 atom stereocenters. The lowest BCUT2D eigenvalue weighted by molar-refractivity contribution is -0.143. The lowest BCUT2D eigenvalue weighted by atomic mass is 9.96. The molecular weight excluding hydrogens is 532 g/mol. The zero-order chi connectivity index (χ0) is 29.4. The van der Waals surface area contributed by atoms with Crippen molar-refractivity contribution in [3.63, 3.8) is 0 Å². The maximum atomic E-state index is 12.0. The fourth-order valence-electron chi connectivity index (χ4n) is 4.60. The van der Waals surface area contributed by atoms with E-state index in [0.717, 1.165) is 28.2 Å². The van der Waals surface area contributed by atoms with Gasteiger partial charge in [-0.25, -0.2) is 0 Å². The minimum absolute atomic E-state index is 0.204. The van der Waals surface area contributed by atoms with Crippen LogP contribution in [0.3, 0.4) is 0 Å². The number of ether oxygens (including phenoxy) is 3. The van der Waals surface area contributed by atoms with Crippen LogP contribution in [0.1, 0.15) is 63.1 Å². The van der Waals surface area contributed by atoms with Crippen molar-refractivity contribution in [2.75, 3.05) is 13.2 Å². The second-order valence-electron chi connectivity index (χ2n) is 10.7. The molecule has 0 amide bonds. The first-order valence-corrected chi connectivity index (χ1v) is 14.8. The number of hydrogen-bond acceptors (Lipinski definition) is 6. The molecule has 0 saturated carbocycles. The smallest absolute Gasteiger partial charge is 0.307 e. The largest absolute Gasteiger partial charge is 0.493 e. The molecule has 1 N–H and O–H groups in total. The van der Waals surface area contributed by atoms with Gasteiger partial charge in [0.2, 0.25) is 0 Å². The molecule has 0 bridgehead atoms. The van der Waals surface area contributed by atoms with Gasteiger partial charge in [0.05, 0.1) is 31.2 Å². The monoisotopic (exact) mass is 570 g/mol. The predicted octanol–water partition coefficient (Wildman–Crippen LogP) is 8.06. The summed E-state index contributed by atoms with van der Waals surface area (Å²) in [5.74, 6) is 7.15. The average Bonchev–Trinajstić information content (AvgIpc) is 3.34. The Morgan fingerprint density at radius 3 is 2.44 bits per heavy atom. The summed E-state index contributed by atoms with van der Waals surface area (Å²) in [4.78, 5) is 12.0. The molecule has 214 valence electrons. The number of aryl methyl sites for hydroxylation is 1. The Hall–Kier alpha value is -3.79. The Kier molecular flexibility index (Phi) is 10.1. The fraction of sp³-hybridized carbons (Fsp3) is 0.343. The van der Waals surface area contributed by atoms with E-state index in [1.54, 1.807) is 39.0 Å². The van der Waals surface area contributed by atoms with Crippen LogP contribution in [0, 0.1) is 18.8 Å². The van der Waals surface area contributed by atoms with Crippen molar-refractivity contribution in [3.05, 3.63) is 82.7 Å². The number of benzene rings is 3. The van der Waals surface area contributed by atoms with E-state index in [1.807, 2.05) is 30.3 Å². The van der Waals surface area contributed by atoms with Crippen LogP contribution in [0.25, 0.3) is 21.2 Å². The predicted molar refractivity (Wildman–Crippen MR) is 167 cm³/mol. The van der Waals surface area contributed by atoms with Gasteiger partial charge in [0.25, 0.3) is 0 Å². The molecule has 3 aromatic carbocycles. The highest BCUT2D eigenvalue weighted by Gasteiger charge is 2.16. The molecule has 6 heteroatoms. The molecule has 41 heavy (non-hydrogen) atoms. The number of hydrogen-bond donors (Lipinski definition) is 1. The van der Waals surface area contributed by atoms with Gasteiger partial charge in [-0.1, -0.05) is 30.2 Å². The first-order valence-electron chi connectivity index (χ1n) is 13.9. The average molecular weight is 571 g/mol. The van der Waals surface area contributed by atoms with Gasteiger partial charge < -0.3 is 19.3 Å². The number of esters is 1. The van der Waals surface area contributed by atoms with Crippen LogP contribution in [0.15, 0.2) is 66.0 Å². The van der Waals surface area contributed by atoms with Gasteiger partial charge in [0.15, 0.2) is 0 Å². The van der Waals surface area contributed by atoms with Crippen molar-refractivity contribution in [2.24, 2.45) is 0 Å². The Bertz CT molecular complexity index is 1530. The van der Waals surface area contributed by atoms with Crippen LogP contribution >= 0.6 is 11.3 Å². The lowest BCUT2D eigenvalue weighted by Gasteiger charge is -2.17. The Morgan fingerprint density at radius 1 is 1.00 bits per heavy atom. The molecule has 0 unspecified atom stereocenters. The summed E-state index contributed by atoms with van der Waals surface area (Å²) < 4.78 is 18.3. The number of thiophene rings is 1. The van der Waals surface area contributed by atoms with Gasteiger partial charge in [-0.15, -0.1) is 17.3 Å². The Morgan fingerprint density at radius 2 is 1.76 bits per heavy atom. The summed E-state index contributed by atoms with van der Waals surface area (Å²) in [6, 6.07) is 20.4. The number of carbonyl (C=O) groups excluding carboxylic acids is 1. The summed E-state index contributed by atoms with van der Waals surface area (Å²) in [7, 11) is 0. The molecule has 0 spiro atoms. The third-order valence-electron chi connectivity index (χ3n) is 6.79. The number of rotatable bonds is 12. The van der Waals surface area contributed by atoms with E-state index in [-0.39, 0.29) is 18.3 Å². The molecule has 4 rings (SSSR count). The first kappa shape index (κ1) is 30.2. The van der Waals surface area contributed by atoms with Crippen LogP contribution in [0.2, 0.25) is 0 Å². The second-order valence-corrected chi connectivity index (χ2v) is 11.6. The molecule has 5 nitrogen and oxygen atoms in total. The van der Waals surface area contributed by atoms with Crippen molar-refractivity contribution >= 4 is 27.4 Å². The zero-order valence-electron chi connectivity index (χ0n) is 24.5. The van der Waals surface area contributed by atoms with E-state index in [4.69, 9.17) is 14.2 Å². The topological polar surface area (TPSA) is 65.0 Å². The van der Waals surface area contributed by atoms with Crippen molar-refractivity contribution in [1.82, 2.24) is 0 Å². The van der Waals surface area contributed by atoms with Crippen molar-refractivity contribution < 1.29 is 24.1 Å². The van der Waals surface area contributed by atoms with Crippen LogP contribution in [0.5, 0.6) is 11.5 Å². The third-order valence-corrected chi connectivity index (χ3v) is 7.75. The van der Waals surface area contributed by atoms with Crippen molar-refractivity contribution in [3.8, 4) is 34.5 Å². The van der Waals surface area contributed by atoms with Gasteiger partial charge in [-0.2, -0.15) is 0 Å². The number of carbonyl (C=O) groups is 1. The summed E-state index contributed by atoms with van der Waals surface area (Å²) in [5.41, 5.74) is 4.82. The summed E-state index contributed by atoms with van der Waals surface area (Å²) in [6.07, 6.45) is 0.802. The highest BCUT2D eigenvalue weighted by atomic mass is 32.1. The molecular formula is C35H38O5S. The first-order chi connectivity index (χ1) is 19.7. The minimum Gasteiger partial charge on any atom is -0.493 e. The van der Waals surface area contributed by atoms with Crippen LogP contribution in [-0.2, 0) is 16.1 Å². The Balaban J connectivity index is 1.44. The SMILES string of the molecule is CC#C[C@@H](CC(=O)OCC)c1ccc(OCc2ccc3scc(-c4ccc(OCCC(C)(C)O)cc4C)c3c2)cc1. The molecule has 1 heterocycles. The van der Waals surface area contributed by atoms with E-state index in [1.165, 1.54) is 21.2 Å². The molecule has 0 aliphatic heterocycles. The van der Waals surface area contributed by atoms with Crippen LogP contribution in [-0.4, -0.2) is 29.9 Å². The van der Waals surface area contributed by atoms with Gasteiger partial charge >= 0.3 is 5.97 Å². The maximum absolute atomic E-state index is 12.0. The molecule has 0 aliphatic carbocycles. The Labute approximate surface area is 247 Å². The quantitative estimate of drug-likeness (QED) is 0.138. The molecule has 0 radical (unpaired) electrons. The van der Waals surface area contributed by atoms with Gasteiger partial charge in [-0.3, -0.25) is 4.79 Å². The van der Waals surface area contributed by atoms with Gasteiger partial charge in [-0.05, 0) is 98.7 Å². The standard InChI is InChI=1S/C35H38O5S/c1-6-8-27(21-34(36)38-7-2)26-10-12-28(13-11-26)40-22-25-9-16-33-31(20-25)32(23-41-33)30-15-14-29(19-24(30)3)39-18-17-35(4,5)37/h9-16,19-20,23,27,37H,7,17-18,21-22H2,1-5H3/t27-/m0/s1. The third kappa shape index (κ3) is 8.36. The molecule has 0 aliphatic rings. The summed E-state index contributed by atoms with van der Waals surface area (Å²) in [5, 5.41) is 13.3. The van der Waals surface area contributed by atoms with E-state index < -0.39 is 5.60 Å². The lowest BCUT2D eigenvalue weighted by Crippen LogP contribution is -2.21. The molecule has 0 fully saturated rings. The van der Waals surface area contributed by atoms with Crippen LogP contribution in [0.4, 0.5) is 0 Å². The normalized spacial score (nSPS) is 12.0. The molecule has 1 aromatic heterocycles. The van der Waals surface area contributed by atoms with Gasteiger partial charge in [0, 0.05) is 22.1 Å². The van der Waals surface area contributed by atoms with E-state index in [9.17, 15) is 9.90 Å². The number of aliphatic hydroxyl groups is 1. The maximum Gasteiger partial charge on any atom is 0.307 e. The van der Waals surface area contributed by atoms with E-state index in [0.29, 0.717) is 26.2 Å². The van der Waals surface area contributed by atoms with E-state index in [2.05, 4.69) is 54.5 Å². The molecule has 4 aromatic rings. The fourth-order valence-corrected chi connectivity index (χ4v) is 5.54. The van der Waals surface area contributed by atoms with Crippen molar-refractivity contribution in [2.45, 2.75) is 65.6 Å². The number of fused-ring (bicyclic) bond motifs is 1. The highest BCUT2D eigenvalue weighted by Crippen LogP contribution is 2.37. The van der Waals surface area contributed by atoms with Crippen LogP contribution < -0.4 is 9.47 Å². The van der Waals surface area contributed by atoms with Gasteiger partial charge in [0.1, 0.15) is 18.1 Å². The second kappa shape index (κ2) is 13.7.